The molecule has 154 valence electrons. The second-order valence-electron chi connectivity index (χ2n) is 7.84. The fourth-order valence-electron chi connectivity index (χ4n) is 3.89. The minimum atomic E-state index is -0.176. The normalized spacial score (nSPS) is 24.1. The third-order valence-electron chi connectivity index (χ3n) is 5.48. The molecule has 3 atom stereocenters. The molecule has 2 fully saturated rings. The molecule has 4 rings (SSSR count). The van der Waals surface area contributed by atoms with Crippen molar-refractivity contribution in [3.05, 3.63) is 36.2 Å². The van der Waals surface area contributed by atoms with Gasteiger partial charge in [-0.05, 0) is 24.6 Å². The van der Waals surface area contributed by atoms with Crippen LogP contribution in [0.5, 0.6) is 0 Å². The molecule has 2 aliphatic rings. The first-order chi connectivity index (χ1) is 14.0. The number of amides is 2. The number of ether oxygens (including phenoxy) is 1. The SMILES string of the molecule is CN(C)C(=O)C[C@H]1CN2C[C@H](NC(=O)c3cc(-c4ccccn4)n[nH]3)C[C@H]2CO1. The largest absolute Gasteiger partial charge is 0.375 e. The Hall–Kier alpha value is -2.78. The second kappa shape index (κ2) is 8.30. The zero-order valence-electron chi connectivity index (χ0n) is 16.7. The van der Waals surface area contributed by atoms with E-state index in [0.717, 1.165) is 18.7 Å². The molecule has 9 heteroatoms. The van der Waals surface area contributed by atoms with Crippen LogP contribution in [0.2, 0.25) is 0 Å². The van der Waals surface area contributed by atoms with Crippen molar-refractivity contribution in [1.82, 2.24) is 30.3 Å². The van der Waals surface area contributed by atoms with Gasteiger partial charge in [0.15, 0.2) is 0 Å². The first-order valence-electron chi connectivity index (χ1n) is 9.83. The van der Waals surface area contributed by atoms with Crippen molar-refractivity contribution in [2.75, 3.05) is 33.8 Å². The van der Waals surface area contributed by atoms with Gasteiger partial charge in [-0.25, -0.2) is 0 Å². The lowest BCUT2D eigenvalue weighted by molar-refractivity contribution is -0.134. The molecule has 9 nitrogen and oxygen atoms in total. The van der Waals surface area contributed by atoms with Gasteiger partial charge in [-0.2, -0.15) is 5.10 Å². The first-order valence-corrected chi connectivity index (χ1v) is 9.83. The van der Waals surface area contributed by atoms with Crippen molar-refractivity contribution in [3.63, 3.8) is 0 Å². The van der Waals surface area contributed by atoms with E-state index in [1.54, 1.807) is 31.3 Å². The predicted molar refractivity (Wildman–Crippen MR) is 106 cm³/mol. The van der Waals surface area contributed by atoms with Crippen LogP contribution >= 0.6 is 0 Å². The van der Waals surface area contributed by atoms with E-state index in [-0.39, 0.29) is 30.0 Å². The lowest BCUT2D eigenvalue weighted by Crippen LogP contribution is -2.47. The summed E-state index contributed by atoms with van der Waals surface area (Å²) >= 11 is 0. The van der Waals surface area contributed by atoms with E-state index in [0.29, 0.717) is 31.0 Å². The standard InChI is InChI=1S/C20H26N6O3/c1-25(2)19(27)8-15-11-26-10-13(7-14(26)12-29-15)22-20(28)18-9-17(23-24-18)16-5-3-4-6-21-16/h3-6,9,13-15H,7-8,10-12H2,1-2H3,(H,22,28)(H,23,24)/t13-,14+,15+/m1/s1. The van der Waals surface area contributed by atoms with Gasteiger partial charge < -0.3 is 15.0 Å². The molecule has 2 aromatic rings. The third-order valence-corrected chi connectivity index (χ3v) is 5.48. The lowest BCUT2D eigenvalue weighted by Gasteiger charge is -2.35. The Kier molecular flexibility index (Phi) is 5.59. The Morgan fingerprint density at radius 3 is 2.93 bits per heavy atom. The van der Waals surface area contributed by atoms with Crippen LogP contribution in [0.3, 0.4) is 0 Å². The molecule has 0 spiro atoms. The van der Waals surface area contributed by atoms with Crippen molar-refractivity contribution in [2.45, 2.75) is 31.0 Å². The molecular formula is C20H26N6O3. The number of morpholine rings is 1. The van der Waals surface area contributed by atoms with E-state index < -0.39 is 0 Å². The van der Waals surface area contributed by atoms with Gasteiger partial charge in [0.1, 0.15) is 11.4 Å². The van der Waals surface area contributed by atoms with Crippen LogP contribution in [-0.4, -0.2) is 88.8 Å². The number of H-pyrrole nitrogens is 1. The van der Waals surface area contributed by atoms with Gasteiger partial charge in [-0.1, -0.05) is 6.07 Å². The molecule has 0 radical (unpaired) electrons. The van der Waals surface area contributed by atoms with Gasteiger partial charge in [0, 0.05) is 45.5 Å². The summed E-state index contributed by atoms with van der Waals surface area (Å²) in [4.78, 5) is 32.7. The van der Waals surface area contributed by atoms with Crippen molar-refractivity contribution < 1.29 is 14.3 Å². The average Bonchev–Trinajstić information content (AvgIpc) is 3.35. The number of aromatic nitrogens is 3. The van der Waals surface area contributed by atoms with E-state index in [1.165, 1.54) is 0 Å². The summed E-state index contributed by atoms with van der Waals surface area (Å²) in [5, 5.41) is 10.1. The highest BCUT2D eigenvalue weighted by molar-refractivity contribution is 5.93. The van der Waals surface area contributed by atoms with Gasteiger partial charge in [-0.15, -0.1) is 0 Å². The molecule has 2 amide bonds. The molecule has 2 aromatic heterocycles. The number of carbonyl (C=O) groups excluding carboxylic acids is 2. The van der Waals surface area contributed by atoms with Crippen molar-refractivity contribution in [3.8, 4) is 11.4 Å². The molecular weight excluding hydrogens is 372 g/mol. The number of pyridine rings is 1. The number of aromatic amines is 1. The number of hydrogen-bond donors (Lipinski definition) is 2. The summed E-state index contributed by atoms with van der Waals surface area (Å²) in [6.45, 7) is 2.06. The topological polar surface area (TPSA) is 103 Å². The highest BCUT2D eigenvalue weighted by Gasteiger charge is 2.38. The molecule has 2 aliphatic heterocycles. The van der Waals surface area contributed by atoms with E-state index in [9.17, 15) is 9.59 Å². The average molecular weight is 398 g/mol. The van der Waals surface area contributed by atoms with Gasteiger partial charge in [0.25, 0.3) is 5.91 Å². The van der Waals surface area contributed by atoms with Gasteiger partial charge in [0.2, 0.25) is 5.91 Å². The highest BCUT2D eigenvalue weighted by atomic mass is 16.5. The van der Waals surface area contributed by atoms with Crippen LogP contribution < -0.4 is 5.32 Å². The zero-order valence-corrected chi connectivity index (χ0v) is 16.7. The number of nitrogens with one attached hydrogen (secondary N) is 2. The van der Waals surface area contributed by atoms with Crippen LogP contribution in [0, 0.1) is 0 Å². The molecule has 0 saturated carbocycles. The van der Waals surface area contributed by atoms with E-state index in [2.05, 4.69) is 25.4 Å². The number of carbonyl (C=O) groups is 2. The fraction of sp³-hybridized carbons (Fsp3) is 0.500. The van der Waals surface area contributed by atoms with Crippen LogP contribution in [0.25, 0.3) is 11.4 Å². The zero-order chi connectivity index (χ0) is 20.4. The Bertz CT molecular complexity index is 868. The summed E-state index contributed by atoms with van der Waals surface area (Å²) in [6.07, 6.45) is 2.82. The highest BCUT2D eigenvalue weighted by Crippen LogP contribution is 2.25. The molecule has 2 N–H and O–H groups in total. The van der Waals surface area contributed by atoms with Gasteiger partial charge >= 0.3 is 0 Å². The second-order valence-corrected chi connectivity index (χ2v) is 7.84. The Morgan fingerprint density at radius 1 is 1.31 bits per heavy atom. The van der Waals surface area contributed by atoms with E-state index >= 15 is 0 Å². The van der Waals surface area contributed by atoms with Crippen LogP contribution in [0.15, 0.2) is 30.5 Å². The Morgan fingerprint density at radius 2 is 2.17 bits per heavy atom. The number of hydrogen-bond acceptors (Lipinski definition) is 6. The quantitative estimate of drug-likeness (QED) is 0.761. The molecule has 29 heavy (non-hydrogen) atoms. The number of rotatable bonds is 5. The maximum absolute atomic E-state index is 12.6. The molecule has 0 bridgehead atoms. The minimum Gasteiger partial charge on any atom is -0.375 e. The predicted octanol–water partition coefficient (Wildman–Crippen LogP) is 0.522. The number of fused-ring (bicyclic) bond motifs is 1. The Balaban J connectivity index is 1.32. The summed E-state index contributed by atoms with van der Waals surface area (Å²) in [7, 11) is 3.51. The van der Waals surface area contributed by atoms with Crippen molar-refractivity contribution in [1.29, 1.82) is 0 Å². The van der Waals surface area contributed by atoms with E-state index in [4.69, 9.17) is 4.74 Å². The summed E-state index contributed by atoms with van der Waals surface area (Å²) in [5.41, 5.74) is 1.78. The minimum absolute atomic E-state index is 0.0426. The Labute approximate surface area is 169 Å². The maximum atomic E-state index is 12.6. The van der Waals surface area contributed by atoms with Gasteiger partial charge in [0.05, 0.1) is 24.8 Å². The third kappa shape index (κ3) is 4.46. The van der Waals surface area contributed by atoms with Crippen LogP contribution in [-0.2, 0) is 9.53 Å². The fourth-order valence-corrected chi connectivity index (χ4v) is 3.89. The smallest absolute Gasteiger partial charge is 0.269 e. The summed E-state index contributed by atoms with van der Waals surface area (Å²) in [5.74, 6) is -0.106. The van der Waals surface area contributed by atoms with Crippen LogP contribution in [0.4, 0.5) is 0 Å². The maximum Gasteiger partial charge on any atom is 0.269 e. The molecule has 4 heterocycles. The van der Waals surface area contributed by atoms with E-state index in [1.807, 2.05) is 18.2 Å². The molecule has 0 aliphatic carbocycles. The van der Waals surface area contributed by atoms with Crippen LogP contribution in [0.1, 0.15) is 23.3 Å². The monoisotopic (exact) mass is 398 g/mol. The first kappa shape index (κ1) is 19.5. The lowest BCUT2D eigenvalue weighted by atomic mass is 10.1. The van der Waals surface area contributed by atoms with Gasteiger partial charge in [-0.3, -0.25) is 24.6 Å². The molecule has 0 unspecified atom stereocenters. The summed E-state index contributed by atoms with van der Waals surface area (Å²) in [6, 6.07) is 7.60. The van der Waals surface area contributed by atoms with Crippen molar-refractivity contribution >= 4 is 11.8 Å². The summed E-state index contributed by atoms with van der Waals surface area (Å²) < 4.78 is 5.88. The number of nitrogens with zero attached hydrogens (tertiary/aromatic N) is 4. The molecule has 0 aromatic carbocycles. The molecule has 2 saturated heterocycles. The van der Waals surface area contributed by atoms with Crippen molar-refractivity contribution in [2.24, 2.45) is 0 Å².